The average Bonchev–Trinajstić information content (AvgIpc) is 2.51. The lowest BCUT2D eigenvalue weighted by molar-refractivity contribution is -0.137. The molecule has 2 rings (SSSR count). The molecule has 0 aromatic heterocycles. The van der Waals surface area contributed by atoms with E-state index in [1.54, 1.807) is 12.1 Å². The number of carbonyl (C=O) groups excluding carboxylic acids is 2. The number of carbonyl (C=O) groups is 3. The Labute approximate surface area is 125 Å². The number of hydrogen-bond acceptors (Lipinski definition) is 5. The van der Waals surface area contributed by atoms with Gasteiger partial charge in [-0.2, -0.15) is 5.26 Å². The zero-order valence-corrected chi connectivity index (χ0v) is 11.6. The van der Waals surface area contributed by atoms with Crippen molar-refractivity contribution in [2.24, 2.45) is 0 Å². The Morgan fingerprint density at radius 3 is 2.59 bits per heavy atom. The van der Waals surface area contributed by atoms with Gasteiger partial charge in [-0.1, -0.05) is 24.3 Å². The van der Waals surface area contributed by atoms with Gasteiger partial charge < -0.3 is 15.5 Å². The van der Waals surface area contributed by atoms with Crippen molar-refractivity contribution in [2.75, 3.05) is 6.54 Å². The van der Waals surface area contributed by atoms with E-state index in [-0.39, 0.29) is 5.56 Å². The summed E-state index contributed by atoms with van der Waals surface area (Å²) in [6.45, 7) is 0.652. The SMILES string of the molecule is CC1(C#N)C(=O)C(C(=O)NCC(=O)O)=C(O)c2ccccc21. The molecule has 1 amide bonds. The maximum absolute atomic E-state index is 12.5. The van der Waals surface area contributed by atoms with E-state index in [0.717, 1.165) is 0 Å². The number of fused-ring (bicyclic) bond motifs is 1. The Morgan fingerprint density at radius 2 is 2.00 bits per heavy atom. The first-order chi connectivity index (χ1) is 10.3. The average molecular weight is 300 g/mol. The molecule has 0 radical (unpaired) electrons. The van der Waals surface area contributed by atoms with Crippen LogP contribution in [-0.2, 0) is 19.8 Å². The molecule has 1 aliphatic carbocycles. The Hall–Kier alpha value is -3.14. The van der Waals surface area contributed by atoms with Gasteiger partial charge in [0.1, 0.15) is 23.3 Å². The molecule has 22 heavy (non-hydrogen) atoms. The van der Waals surface area contributed by atoms with Crippen LogP contribution in [0.3, 0.4) is 0 Å². The van der Waals surface area contributed by atoms with Crippen LogP contribution < -0.4 is 5.32 Å². The highest BCUT2D eigenvalue weighted by Crippen LogP contribution is 2.39. The molecule has 0 saturated carbocycles. The van der Waals surface area contributed by atoms with Crippen molar-refractivity contribution in [3.05, 3.63) is 41.0 Å². The summed E-state index contributed by atoms with van der Waals surface area (Å²) in [5.74, 6) is -3.74. The van der Waals surface area contributed by atoms with Crippen molar-refractivity contribution in [3.8, 4) is 6.07 Å². The van der Waals surface area contributed by atoms with Crippen molar-refractivity contribution >= 4 is 23.4 Å². The van der Waals surface area contributed by atoms with E-state index in [2.05, 4.69) is 0 Å². The van der Waals surface area contributed by atoms with Gasteiger partial charge in [0.15, 0.2) is 5.78 Å². The summed E-state index contributed by atoms with van der Waals surface area (Å²) in [5, 5.41) is 30.2. The number of carboxylic acids is 1. The molecule has 1 atom stereocenters. The highest BCUT2D eigenvalue weighted by Gasteiger charge is 2.46. The molecule has 0 heterocycles. The van der Waals surface area contributed by atoms with Crippen LogP contribution in [-0.4, -0.2) is 34.4 Å². The number of rotatable bonds is 3. The van der Waals surface area contributed by atoms with Crippen molar-refractivity contribution in [1.29, 1.82) is 5.26 Å². The maximum Gasteiger partial charge on any atom is 0.322 e. The lowest BCUT2D eigenvalue weighted by Gasteiger charge is -2.29. The van der Waals surface area contributed by atoms with Gasteiger partial charge in [-0.05, 0) is 12.5 Å². The lowest BCUT2D eigenvalue weighted by atomic mass is 9.70. The summed E-state index contributed by atoms with van der Waals surface area (Å²) < 4.78 is 0. The Bertz CT molecular complexity index is 759. The van der Waals surface area contributed by atoms with E-state index in [0.29, 0.717) is 5.56 Å². The van der Waals surface area contributed by atoms with E-state index in [9.17, 15) is 24.8 Å². The van der Waals surface area contributed by atoms with Gasteiger partial charge in [0, 0.05) is 5.56 Å². The fourth-order valence-electron chi connectivity index (χ4n) is 2.31. The van der Waals surface area contributed by atoms with E-state index in [1.165, 1.54) is 19.1 Å². The van der Waals surface area contributed by atoms with Gasteiger partial charge in [-0.3, -0.25) is 14.4 Å². The Kier molecular flexibility index (Phi) is 3.70. The van der Waals surface area contributed by atoms with Crippen molar-refractivity contribution in [3.63, 3.8) is 0 Å². The number of aliphatic carboxylic acids is 1. The maximum atomic E-state index is 12.5. The van der Waals surface area contributed by atoms with Crippen molar-refractivity contribution in [2.45, 2.75) is 12.3 Å². The number of amides is 1. The van der Waals surface area contributed by atoms with Gasteiger partial charge in [0.25, 0.3) is 5.91 Å². The zero-order valence-electron chi connectivity index (χ0n) is 11.6. The summed E-state index contributed by atoms with van der Waals surface area (Å²) in [7, 11) is 0. The number of Topliss-reactive ketones (excluding diaryl/α,β-unsaturated/α-hetero) is 1. The second kappa shape index (κ2) is 5.33. The minimum Gasteiger partial charge on any atom is -0.506 e. The molecule has 1 aliphatic rings. The number of nitrogens with zero attached hydrogens (tertiary/aromatic N) is 1. The molecule has 1 aromatic rings. The first-order valence-electron chi connectivity index (χ1n) is 6.32. The van der Waals surface area contributed by atoms with Crippen LogP contribution in [0.5, 0.6) is 0 Å². The summed E-state index contributed by atoms with van der Waals surface area (Å²) in [5.41, 5.74) is -1.73. The molecule has 1 aromatic carbocycles. The molecule has 0 spiro atoms. The van der Waals surface area contributed by atoms with Crippen LogP contribution in [0.2, 0.25) is 0 Å². The van der Waals surface area contributed by atoms with Crippen LogP contribution in [0, 0.1) is 11.3 Å². The van der Waals surface area contributed by atoms with Crippen LogP contribution in [0.4, 0.5) is 0 Å². The van der Waals surface area contributed by atoms with E-state index < -0.39 is 41.0 Å². The second-order valence-electron chi connectivity index (χ2n) is 4.91. The largest absolute Gasteiger partial charge is 0.506 e. The van der Waals surface area contributed by atoms with Gasteiger partial charge >= 0.3 is 5.97 Å². The van der Waals surface area contributed by atoms with Crippen LogP contribution in [0.25, 0.3) is 5.76 Å². The number of aliphatic hydroxyl groups excluding tert-OH is 1. The van der Waals surface area contributed by atoms with E-state index in [4.69, 9.17) is 5.11 Å². The summed E-state index contributed by atoms with van der Waals surface area (Å²) in [6.07, 6.45) is 0. The monoisotopic (exact) mass is 300 g/mol. The fraction of sp³-hybridized carbons (Fsp3) is 0.200. The minimum atomic E-state index is -1.63. The van der Waals surface area contributed by atoms with Gasteiger partial charge in [-0.15, -0.1) is 0 Å². The minimum absolute atomic E-state index is 0.201. The topological polar surface area (TPSA) is 127 Å². The first-order valence-corrected chi connectivity index (χ1v) is 6.32. The zero-order chi connectivity index (χ0) is 16.5. The highest BCUT2D eigenvalue weighted by atomic mass is 16.4. The van der Waals surface area contributed by atoms with Crippen molar-refractivity contribution < 1.29 is 24.6 Å². The molecular weight excluding hydrogens is 288 g/mol. The van der Waals surface area contributed by atoms with E-state index in [1.807, 2.05) is 11.4 Å². The predicted octanol–water partition coefficient (Wildman–Crippen LogP) is 0.520. The number of aliphatic hydroxyl groups is 1. The molecule has 0 bridgehead atoms. The lowest BCUT2D eigenvalue weighted by Crippen LogP contribution is -2.43. The van der Waals surface area contributed by atoms with Crippen molar-refractivity contribution in [1.82, 2.24) is 5.32 Å². The summed E-state index contributed by atoms with van der Waals surface area (Å²) in [6, 6.07) is 8.08. The van der Waals surface area contributed by atoms with Crippen LogP contribution in [0.15, 0.2) is 29.8 Å². The molecular formula is C15H12N2O5. The van der Waals surface area contributed by atoms with Crippen LogP contribution in [0.1, 0.15) is 18.1 Å². The number of hydrogen-bond donors (Lipinski definition) is 3. The standard InChI is InChI=1S/C15H12N2O5/c1-15(7-16)9-5-3-2-4-8(9)12(20)11(13(15)21)14(22)17-6-10(18)19/h2-5,20H,6H2,1H3,(H,17,22)(H,18,19). The highest BCUT2D eigenvalue weighted by molar-refractivity contribution is 6.29. The third-order valence-corrected chi connectivity index (χ3v) is 3.49. The molecule has 0 fully saturated rings. The summed E-state index contributed by atoms with van der Waals surface area (Å²) >= 11 is 0. The predicted molar refractivity (Wildman–Crippen MR) is 74.6 cm³/mol. The normalized spacial score (nSPS) is 20.1. The Morgan fingerprint density at radius 1 is 1.36 bits per heavy atom. The van der Waals surface area contributed by atoms with Gasteiger partial charge in [0.2, 0.25) is 0 Å². The quantitative estimate of drug-likeness (QED) is 0.698. The molecule has 112 valence electrons. The third kappa shape index (κ3) is 2.20. The molecule has 7 nitrogen and oxygen atoms in total. The number of ketones is 1. The number of benzene rings is 1. The van der Waals surface area contributed by atoms with Crippen LogP contribution >= 0.6 is 0 Å². The second-order valence-corrected chi connectivity index (χ2v) is 4.91. The van der Waals surface area contributed by atoms with E-state index >= 15 is 0 Å². The fourth-order valence-corrected chi connectivity index (χ4v) is 2.31. The smallest absolute Gasteiger partial charge is 0.322 e. The first kappa shape index (κ1) is 15.3. The van der Waals surface area contributed by atoms with Gasteiger partial charge in [0.05, 0.1) is 6.07 Å². The molecule has 7 heteroatoms. The van der Waals surface area contributed by atoms with Gasteiger partial charge in [-0.25, -0.2) is 0 Å². The molecule has 3 N–H and O–H groups in total. The summed E-state index contributed by atoms with van der Waals surface area (Å²) in [4.78, 5) is 35.0. The number of nitrogens with one attached hydrogen (secondary N) is 1. The number of carboxylic acid groups (broad SMARTS) is 1. The number of nitriles is 1. The molecule has 0 saturated heterocycles. The Balaban J connectivity index is 2.59. The molecule has 0 aliphatic heterocycles. The molecule has 1 unspecified atom stereocenters. The third-order valence-electron chi connectivity index (χ3n) is 3.49.